The average molecular weight is 423 g/mol. The Balaban J connectivity index is 0.000000858. The first-order chi connectivity index (χ1) is 15.1. The first-order valence-corrected chi connectivity index (χ1v) is 9.88. The lowest BCUT2D eigenvalue weighted by Crippen LogP contribution is -2.39. The highest BCUT2D eigenvalue weighted by Gasteiger charge is 2.21. The van der Waals surface area contributed by atoms with Crippen LogP contribution in [0.1, 0.15) is 23.2 Å². The van der Waals surface area contributed by atoms with Crippen LogP contribution in [0.5, 0.6) is 0 Å². The van der Waals surface area contributed by atoms with E-state index in [0.29, 0.717) is 24.0 Å². The van der Waals surface area contributed by atoms with Crippen LogP contribution in [0.15, 0.2) is 55.2 Å². The van der Waals surface area contributed by atoms with Crippen LogP contribution in [-0.2, 0) is 4.79 Å². The molecule has 4 rings (SSSR count). The molecule has 1 amide bonds. The van der Waals surface area contributed by atoms with Gasteiger partial charge < -0.3 is 25.6 Å². The van der Waals surface area contributed by atoms with Crippen LogP contribution in [0.4, 0.5) is 11.8 Å². The Morgan fingerprint density at radius 2 is 1.90 bits per heavy atom. The number of nitrogens with zero attached hydrogens (tertiary/aromatic N) is 5. The lowest BCUT2D eigenvalue weighted by molar-refractivity contribution is -0.122. The first-order valence-electron chi connectivity index (χ1n) is 9.88. The Labute approximate surface area is 179 Å². The number of nitrogen functional groups attached to an aromatic ring is 1. The highest BCUT2D eigenvalue weighted by molar-refractivity contribution is 5.94. The van der Waals surface area contributed by atoms with Gasteiger partial charge in [-0.05, 0) is 49.1 Å². The minimum atomic E-state index is -0.250. The highest BCUT2D eigenvalue weighted by atomic mass is 16.3. The third kappa shape index (κ3) is 6.01. The zero-order valence-electron chi connectivity index (χ0n) is 17.0. The summed E-state index contributed by atoms with van der Waals surface area (Å²) in [6.07, 6.45) is 9.02. The van der Waals surface area contributed by atoms with Crippen molar-refractivity contribution in [2.75, 3.05) is 30.3 Å². The zero-order chi connectivity index (χ0) is 22.1. The molecule has 1 fully saturated rings. The number of rotatable bonds is 5. The number of carbonyl (C=O) groups is 2. The largest absolute Gasteiger partial charge is 0.483 e. The van der Waals surface area contributed by atoms with E-state index < -0.39 is 0 Å². The van der Waals surface area contributed by atoms with E-state index in [2.05, 4.69) is 25.2 Å². The molecule has 0 unspecified atom stereocenters. The molecule has 0 radical (unpaired) electrons. The molecule has 1 aliphatic rings. The number of hydrogen-bond donors (Lipinski definition) is 3. The van der Waals surface area contributed by atoms with Crippen molar-refractivity contribution < 1.29 is 14.7 Å². The van der Waals surface area contributed by atoms with E-state index in [9.17, 15) is 4.79 Å². The lowest BCUT2D eigenvalue weighted by Gasteiger charge is -2.32. The van der Waals surface area contributed by atoms with Crippen molar-refractivity contribution in [3.05, 3.63) is 60.8 Å². The number of anilines is 2. The number of carboxylic acid groups (broad SMARTS) is 1. The van der Waals surface area contributed by atoms with Gasteiger partial charge in [-0.2, -0.15) is 4.98 Å². The Bertz CT molecular complexity index is 969. The van der Waals surface area contributed by atoms with Crippen LogP contribution in [0.3, 0.4) is 0 Å². The number of imidazole rings is 1. The molecule has 0 bridgehead atoms. The number of aromatic nitrogens is 4. The summed E-state index contributed by atoms with van der Waals surface area (Å²) in [5.74, 6) is 1.59. The van der Waals surface area contributed by atoms with Gasteiger partial charge in [0.2, 0.25) is 5.95 Å². The van der Waals surface area contributed by atoms with E-state index in [1.165, 1.54) is 0 Å². The van der Waals surface area contributed by atoms with E-state index in [1.807, 2.05) is 41.1 Å². The van der Waals surface area contributed by atoms with Crippen LogP contribution in [0.25, 0.3) is 5.69 Å². The minimum absolute atomic E-state index is 0.0387. The second kappa shape index (κ2) is 10.7. The van der Waals surface area contributed by atoms with Crippen LogP contribution < -0.4 is 16.0 Å². The first kappa shape index (κ1) is 21.8. The quantitative estimate of drug-likeness (QED) is 0.526. The second-order valence-electron chi connectivity index (χ2n) is 7.04. The Morgan fingerprint density at radius 3 is 2.52 bits per heavy atom. The molecule has 1 saturated heterocycles. The molecule has 10 nitrogen and oxygen atoms in total. The van der Waals surface area contributed by atoms with Gasteiger partial charge in [0.05, 0.1) is 6.33 Å². The highest BCUT2D eigenvalue weighted by Crippen LogP contribution is 2.21. The molecular formula is C21H25N7O3. The number of nitrogens with one attached hydrogen (secondary N) is 1. The second-order valence-corrected chi connectivity index (χ2v) is 7.04. The van der Waals surface area contributed by atoms with E-state index in [1.54, 1.807) is 18.7 Å². The Morgan fingerprint density at radius 1 is 1.19 bits per heavy atom. The fraction of sp³-hybridized carbons (Fsp3) is 0.286. The molecule has 31 heavy (non-hydrogen) atoms. The van der Waals surface area contributed by atoms with Gasteiger partial charge >= 0.3 is 0 Å². The van der Waals surface area contributed by atoms with Crippen LogP contribution in [0, 0.1) is 5.92 Å². The van der Waals surface area contributed by atoms with E-state index >= 15 is 0 Å². The topological polar surface area (TPSA) is 139 Å². The van der Waals surface area contributed by atoms with Gasteiger partial charge in [-0.3, -0.25) is 9.59 Å². The van der Waals surface area contributed by atoms with Gasteiger partial charge in [-0.25, -0.2) is 9.97 Å². The number of amides is 1. The smallest absolute Gasteiger partial charge is 0.290 e. The standard InChI is InChI=1S/C20H23N7O.CH2O2/c21-20-23-8-5-18(25-20)26-10-6-15(7-11-26)13-24-19(28)16-1-3-17(4-2-16)27-12-9-22-14-27;2-1-3/h1-5,8-9,12,14-15H,6-7,10-11,13H2,(H,24,28)(H2,21,23,25);1H,(H,2,3). The summed E-state index contributed by atoms with van der Waals surface area (Å²) >= 11 is 0. The maximum atomic E-state index is 12.4. The summed E-state index contributed by atoms with van der Waals surface area (Å²) in [6.45, 7) is 2.23. The molecule has 1 aliphatic heterocycles. The molecule has 10 heteroatoms. The van der Waals surface area contributed by atoms with Crippen molar-refractivity contribution in [2.45, 2.75) is 12.8 Å². The summed E-state index contributed by atoms with van der Waals surface area (Å²) in [4.78, 5) is 35.3. The van der Waals surface area contributed by atoms with Crippen molar-refractivity contribution in [3.63, 3.8) is 0 Å². The van der Waals surface area contributed by atoms with Crippen molar-refractivity contribution in [1.82, 2.24) is 24.8 Å². The van der Waals surface area contributed by atoms with Crippen LogP contribution >= 0.6 is 0 Å². The minimum Gasteiger partial charge on any atom is -0.483 e. The van der Waals surface area contributed by atoms with E-state index in [4.69, 9.17) is 15.6 Å². The SMILES string of the molecule is Nc1nccc(N2CCC(CNC(=O)c3ccc(-n4ccnc4)cc3)CC2)n1.O=CO. The molecule has 0 atom stereocenters. The Hall–Kier alpha value is -3.95. The van der Waals surface area contributed by atoms with Crippen molar-refractivity contribution in [3.8, 4) is 5.69 Å². The summed E-state index contributed by atoms with van der Waals surface area (Å²) in [6, 6.07) is 9.40. The normalized spacial score (nSPS) is 13.7. The number of nitrogens with two attached hydrogens (primary N) is 1. The van der Waals surface area contributed by atoms with Gasteiger partial charge in [0.1, 0.15) is 5.82 Å². The molecule has 3 heterocycles. The molecule has 162 valence electrons. The molecule has 2 aromatic heterocycles. The number of carbonyl (C=O) groups excluding carboxylic acids is 1. The van der Waals surface area contributed by atoms with E-state index in [-0.39, 0.29) is 12.4 Å². The van der Waals surface area contributed by atoms with Crippen molar-refractivity contribution in [1.29, 1.82) is 0 Å². The molecule has 0 spiro atoms. The third-order valence-corrected chi connectivity index (χ3v) is 5.08. The maximum Gasteiger partial charge on any atom is 0.290 e. The average Bonchev–Trinajstić information content (AvgIpc) is 3.33. The summed E-state index contributed by atoms with van der Waals surface area (Å²) < 4.78 is 1.90. The predicted octanol–water partition coefficient (Wildman–Crippen LogP) is 1.59. The van der Waals surface area contributed by atoms with Gasteiger partial charge in [0.25, 0.3) is 12.4 Å². The fourth-order valence-corrected chi connectivity index (χ4v) is 3.44. The monoisotopic (exact) mass is 423 g/mol. The van der Waals surface area contributed by atoms with Gasteiger partial charge in [-0.15, -0.1) is 0 Å². The maximum absolute atomic E-state index is 12.4. The van der Waals surface area contributed by atoms with Gasteiger partial charge in [-0.1, -0.05) is 0 Å². The molecule has 0 aliphatic carbocycles. The number of hydrogen-bond acceptors (Lipinski definition) is 7. The van der Waals surface area contributed by atoms with Crippen molar-refractivity contribution >= 4 is 24.1 Å². The van der Waals surface area contributed by atoms with Crippen LogP contribution in [0.2, 0.25) is 0 Å². The predicted molar refractivity (Wildman–Crippen MR) is 116 cm³/mol. The van der Waals surface area contributed by atoms with E-state index in [0.717, 1.165) is 37.4 Å². The Kier molecular flexibility index (Phi) is 7.52. The molecule has 0 saturated carbocycles. The van der Waals surface area contributed by atoms with Crippen molar-refractivity contribution in [2.24, 2.45) is 5.92 Å². The summed E-state index contributed by atoms with van der Waals surface area (Å²) in [5.41, 5.74) is 7.31. The molecule has 4 N–H and O–H groups in total. The number of piperidine rings is 1. The van der Waals surface area contributed by atoms with Gasteiger partial charge in [0.15, 0.2) is 0 Å². The molecule has 3 aromatic rings. The lowest BCUT2D eigenvalue weighted by atomic mass is 9.96. The molecular weight excluding hydrogens is 398 g/mol. The van der Waals surface area contributed by atoms with Gasteiger partial charge in [0, 0.05) is 49.5 Å². The zero-order valence-corrected chi connectivity index (χ0v) is 17.0. The summed E-state index contributed by atoms with van der Waals surface area (Å²) in [7, 11) is 0. The third-order valence-electron chi connectivity index (χ3n) is 5.08. The fourth-order valence-electron chi connectivity index (χ4n) is 3.44. The summed E-state index contributed by atoms with van der Waals surface area (Å²) in [5, 5.41) is 9.95. The van der Waals surface area contributed by atoms with Crippen LogP contribution in [-0.4, -0.2) is 56.6 Å². The number of benzene rings is 1. The molecule has 1 aromatic carbocycles.